The molecule has 0 radical (unpaired) electrons. The van der Waals surface area contributed by atoms with Gasteiger partial charge >= 0.3 is 0 Å². The largest absolute Gasteiger partial charge is 0.490 e. The Labute approximate surface area is 150 Å². The summed E-state index contributed by atoms with van der Waals surface area (Å²) in [6.45, 7) is 6.58. The molecular weight excluding hydrogens is 316 g/mol. The van der Waals surface area contributed by atoms with E-state index >= 15 is 0 Å². The van der Waals surface area contributed by atoms with Crippen molar-refractivity contribution in [2.24, 2.45) is 11.7 Å². The smallest absolute Gasteiger partial charge is 0.223 e. The van der Waals surface area contributed by atoms with Crippen LogP contribution in [0.5, 0.6) is 11.5 Å². The van der Waals surface area contributed by atoms with E-state index in [2.05, 4.69) is 6.07 Å². The quantitative estimate of drug-likeness (QED) is 0.860. The van der Waals surface area contributed by atoms with Crippen LogP contribution >= 0.6 is 0 Å². The van der Waals surface area contributed by atoms with Crippen molar-refractivity contribution >= 4 is 5.91 Å². The molecule has 1 heterocycles. The number of nitrogens with zero attached hydrogens (tertiary/aromatic N) is 1. The lowest BCUT2D eigenvalue weighted by Gasteiger charge is -2.31. The van der Waals surface area contributed by atoms with Crippen molar-refractivity contribution in [3.05, 3.63) is 23.3 Å². The lowest BCUT2D eigenvalue weighted by atomic mass is 9.96. The number of benzene rings is 1. The van der Waals surface area contributed by atoms with E-state index in [1.807, 2.05) is 24.8 Å². The number of rotatable bonds is 6. The normalized spacial score (nSPS) is 22.6. The van der Waals surface area contributed by atoms with Crippen LogP contribution < -0.4 is 15.2 Å². The van der Waals surface area contributed by atoms with Gasteiger partial charge < -0.3 is 20.1 Å². The standard InChI is InChI=1S/C20H30N2O3/c1-3-24-18-10-14-8-9-22(13-16(14)11-19(18)25-4-2)20(23)12-15-6-5-7-17(15)21/h10-11,15,17H,3-9,12-13,21H2,1-2H3/t15-,17+/m0/s1. The molecule has 0 saturated heterocycles. The number of carbonyl (C=O) groups excluding carboxylic acids is 1. The highest BCUT2D eigenvalue weighted by Gasteiger charge is 2.29. The zero-order chi connectivity index (χ0) is 17.8. The molecule has 3 rings (SSSR count). The molecule has 1 aliphatic heterocycles. The Morgan fingerprint density at radius 3 is 2.44 bits per heavy atom. The average Bonchev–Trinajstić information content (AvgIpc) is 3.00. The van der Waals surface area contributed by atoms with Gasteiger partial charge in [-0.3, -0.25) is 4.79 Å². The minimum Gasteiger partial charge on any atom is -0.490 e. The van der Waals surface area contributed by atoms with Crippen LogP contribution in [-0.4, -0.2) is 36.6 Å². The van der Waals surface area contributed by atoms with Crippen LogP contribution in [0.4, 0.5) is 0 Å². The van der Waals surface area contributed by atoms with Crippen molar-refractivity contribution in [3.8, 4) is 11.5 Å². The lowest BCUT2D eigenvalue weighted by molar-refractivity contribution is -0.133. The number of amides is 1. The van der Waals surface area contributed by atoms with E-state index in [9.17, 15) is 4.79 Å². The minimum atomic E-state index is 0.194. The van der Waals surface area contributed by atoms with Gasteiger partial charge in [-0.1, -0.05) is 6.42 Å². The lowest BCUT2D eigenvalue weighted by Crippen LogP contribution is -2.38. The van der Waals surface area contributed by atoms with Crippen LogP contribution in [0.3, 0.4) is 0 Å². The molecule has 2 atom stereocenters. The molecule has 25 heavy (non-hydrogen) atoms. The SMILES string of the molecule is CCOc1cc2c(cc1OCC)CN(C(=O)C[C@@H]1CCC[C@H]1N)CC2. The average molecular weight is 346 g/mol. The molecule has 1 saturated carbocycles. The second-order valence-corrected chi connectivity index (χ2v) is 7.06. The third-order valence-corrected chi connectivity index (χ3v) is 5.39. The Kier molecular flexibility index (Phi) is 5.84. The van der Waals surface area contributed by atoms with E-state index in [0.29, 0.717) is 32.1 Å². The van der Waals surface area contributed by atoms with Crippen molar-refractivity contribution in [3.63, 3.8) is 0 Å². The third-order valence-electron chi connectivity index (χ3n) is 5.39. The van der Waals surface area contributed by atoms with Crippen LogP contribution in [0, 0.1) is 5.92 Å². The predicted octanol–water partition coefficient (Wildman–Crippen LogP) is 2.89. The molecule has 2 N–H and O–H groups in total. The highest BCUT2D eigenvalue weighted by Crippen LogP contribution is 2.34. The van der Waals surface area contributed by atoms with Crippen LogP contribution in [0.25, 0.3) is 0 Å². The van der Waals surface area contributed by atoms with Crippen molar-refractivity contribution in [2.75, 3.05) is 19.8 Å². The molecule has 2 aliphatic rings. The van der Waals surface area contributed by atoms with Gasteiger partial charge in [-0.15, -0.1) is 0 Å². The summed E-state index contributed by atoms with van der Waals surface area (Å²) in [4.78, 5) is 14.7. The van der Waals surface area contributed by atoms with E-state index in [-0.39, 0.29) is 11.9 Å². The van der Waals surface area contributed by atoms with Gasteiger partial charge in [0.1, 0.15) is 0 Å². The first-order valence-electron chi connectivity index (χ1n) is 9.57. The fraction of sp³-hybridized carbons (Fsp3) is 0.650. The van der Waals surface area contributed by atoms with Gasteiger partial charge in [0, 0.05) is 25.6 Å². The molecule has 0 unspecified atom stereocenters. The maximum atomic E-state index is 12.7. The summed E-state index contributed by atoms with van der Waals surface area (Å²) in [5, 5.41) is 0. The summed E-state index contributed by atoms with van der Waals surface area (Å²) in [5.74, 6) is 2.17. The van der Waals surface area contributed by atoms with Crippen molar-refractivity contribution in [1.82, 2.24) is 4.90 Å². The van der Waals surface area contributed by atoms with Crippen LogP contribution in [0.15, 0.2) is 12.1 Å². The monoisotopic (exact) mass is 346 g/mol. The molecule has 0 aromatic heterocycles. The maximum Gasteiger partial charge on any atom is 0.223 e. The van der Waals surface area contributed by atoms with E-state index in [0.717, 1.165) is 43.7 Å². The van der Waals surface area contributed by atoms with Gasteiger partial charge in [0.25, 0.3) is 0 Å². The van der Waals surface area contributed by atoms with Crippen molar-refractivity contribution in [2.45, 2.75) is 58.5 Å². The first-order valence-corrected chi connectivity index (χ1v) is 9.57. The fourth-order valence-electron chi connectivity index (χ4n) is 3.99. The van der Waals surface area contributed by atoms with Gasteiger partial charge in [-0.05, 0) is 62.3 Å². The summed E-state index contributed by atoms with van der Waals surface area (Å²) in [6.07, 6.45) is 4.75. The van der Waals surface area contributed by atoms with Crippen LogP contribution in [0.2, 0.25) is 0 Å². The van der Waals surface area contributed by atoms with E-state index in [4.69, 9.17) is 15.2 Å². The Hall–Kier alpha value is -1.75. The molecule has 1 aromatic carbocycles. The highest BCUT2D eigenvalue weighted by atomic mass is 16.5. The van der Waals surface area contributed by atoms with Gasteiger partial charge in [-0.2, -0.15) is 0 Å². The summed E-state index contributed by atoms with van der Waals surface area (Å²) in [7, 11) is 0. The summed E-state index contributed by atoms with van der Waals surface area (Å²) < 4.78 is 11.4. The Morgan fingerprint density at radius 2 is 1.84 bits per heavy atom. The van der Waals surface area contributed by atoms with E-state index < -0.39 is 0 Å². The maximum absolute atomic E-state index is 12.7. The van der Waals surface area contributed by atoms with Crippen molar-refractivity contribution < 1.29 is 14.3 Å². The van der Waals surface area contributed by atoms with E-state index in [1.165, 1.54) is 11.1 Å². The van der Waals surface area contributed by atoms with E-state index in [1.54, 1.807) is 0 Å². The highest BCUT2D eigenvalue weighted by molar-refractivity contribution is 5.77. The third kappa shape index (κ3) is 4.09. The molecule has 1 fully saturated rings. The topological polar surface area (TPSA) is 64.8 Å². The second kappa shape index (κ2) is 8.09. The van der Waals surface area contributed by atoms with Crippen molar-refractivity contribution in [1.29, 1.82) is 0 Å². The zero-order valence-electron chi connectivity index (χ0n) is 15.4. The van der Waals surface area contributed by atoms with Crippen LogP contribution in [-0.2, 0) is 17.8 Å². The number of hydrogen-bond acceptors (Lipinski definition) is 4. The fourth-order valence-corrected chi connectivity index (χ4v) is 3.99. The first-order chi connectivity index (χ1) is 12.1. The first kappa shape index (κ1) is 18.1. The molecule has 1 aromatic rings. The molecule has 0 bridgehead atoms. The zero-order valence-corrected chi connectivity index (χ0v) is 15.4. The molecule has 1 amide bonds. The molecular formula is C20H30N2O3. The van der Waals surface area contributed by atoms with Crippen LogP contribution in [0.1, 0.15) is 50.7 Å². The minimum absolute atomic E-state index is 0.194. The summed E-state index contributed by atoms with van der Waals surface area (Å²) >= 11 is 0. The molecule has 5 heteroatoms. The molecule has 5 nitrogen and oxygen atoms in total. The Morgan fingerprint density at radius 1 is 1.16 bits per heavy atom. The van der Waals surface area contributed by atoms with Gasteiger partial charge in [0.2, 0.25) is 5.91 Å². The molecule has 0 spiro atoms. The second-order valence-electron chi connectivity index (χ2n) is 7.06. The number of ether oxygens (including phenoxy) is 2. The number of hydrogen-bond donors (Lipinski definition) is 1. The Balaban J connectivity index is 1.71. The number of nitrogens with two attached hydrogens (primary N) is 1. The Bertz CT molecular complexity index is 617. The number of fused-ring (bicyclic) bond motifs is 1. The summed E-state index contributed by atoms with van der Waals surface area (Å²) in [5.41, 5.74) is 8.56. The summed E-state index contributed by atoms with van der Waals surface area (Å²) in [6, 6.07) is 4.32. The predicted molar refractivity (Wildman–Crippen MR) is 97.8 cm³/mol. The number of carbonyl (C=O) groups is 1. The van der Waals surface area contributed by atoms with Gasteiger partial charge in [0.15, 0.2) is 11.5 Å². The van der Waals surface area contributed by atoms with Gasteiger partial charge in [-0.25, -0.2) is 0 Å². The molecule has 138 valence electrons. The molecule has 1 aliphatic carbocycles. The van der Waals surface area contributed by atoms with Gasteiger partial charge in [0.05, 0.1) is 13.2 Å².